The molecule has 19 heavy (non-hydrogen) atoms. The van der Waals surface area contributed by atoms with Crippen LogP contribution < -0.4 is 11.2 Å². The molecule has 0 unspecified atom stereocenters. The van der Waals surface area contributed by atoms with Crippen molar-refractivity contribution in [1.82, 2.24) is 14.1 Å². The summed E-state index contributed by atoms with van der Waals surface area (Å²) in [5, 5.41) is 9.17. The zero-order chi connectivity index (χ0) is 14.3. The van der Waals surface area contributed by atoms with E-state index in [2.05, 4.69) is 4.98 Å². The molecule has 0 saturated heterocycles. The summed E-state index contributed by atoms with van der Waals surface area (Å²) in [6, 6.07) is 1.37. The zero-order valence-electron chi connectivity index (χ0n) is 10.8. The average molecular weight is 263 g/mol. The van der Waals surface area contributed by atoms with Crippen LogP contribution in [0.15, 0.2) is 15.7 Å². The summed E-state index contributed by atoms with van der Waals surface area (Å²) in [7, 11) is 2.77. The summed E-state index contributed by atoms with van der Waals surface area (Å²) < 4.78 is 2.06. The second-order valence-corrected chi connectivity index (χ2v) is 4.22. The number of aryl methyl sites for hydroxylation is 2. The first kappa shape index (κ1) is 13.0. The highest BCUT2D eigenvalue weighted by atomic mass is 16.4. The van der Waals surface area contributed by atoms with E-state index in [1.807, 2.05) is 6.92 Å². The molecule has 0 radical (unpaired) electrons. The fourth-order valence-electron chi connectivity index (χ4n) is 1.96. The van der Waals surface area contributed by atoms with Crippen LogP contribution in [-0.4, -0.2) is 25.2 Å². The summed E-state index contributed by atoms with van der Waals surface area (Å²) in [5.74, 6) is -1.21. The van der Waals surface area contributed by atoms with Gasteiger partial charge in [-0.1, -0.05) is 6.92 Å². The number of fused-ring (bicyclic) bond motifs is 1. The van der Waals surface area contributed by atoms with Gasteiger partial charge in [-0.3, -0.25) is 13.9 Å². The number of carboxylic acid groups (broad SMARTS) is 1. The van der Waals surface area contributed by atoms with E-state index in [0.29, 0.717) is 12.1 Å². The minimum Gasteiger partial charge on any atom is -0.478 e. The van der Waals surface area contributed by atoms with Gasteiger partial charge in [-0.15, -0.1) is 0 Å². The van der Waals surface area contributed by atoms with Gasteiger partial charge >= 0.3 is 11.7 Å². The van der Waals surface area contributed by atoms with Gasteiger partial charge in [0.1, 0.15) is 5.65 Å². The van der Waals surface area contributed by atoms with E-state index in [4.69, 9.17) is 0 Å². The van der Waals surface area contributed by atoms with Crippen molar-refractivity contribution in [2.75, 3.05) is 0 Å². The molecule has 0 saturated carbocycles. The molecule has 0 bridgehead atoms. The molecule has 0 amide bonds. The molecule has 2 aromatic rings. The zero-order valence-corrected chi connectivity index (χ0v) is 10.8. The predicted molar refractivity (Wildman–Crippen MR) is 68.6 cm³/mol. The van der Waals surface area contributed by atoms with Gasteiger partial charge in [0.25, 0.3) is 5.56 Å². The van der Waals surface area contributed by atoms with Crippen LogP contribution in [-0.2, 0) is 20.5 Å². The van der Waals surface area contributed by atoms with E-state index >= 15 is 0 Å². The maximum absolute atomic E-state index is 12.1. The number of nitrogens with zero attached hydrogens (tertiary/aromatic N) is 3. The van der Waals surface area contributed by atoms with Crippen LogP contribution in [0.5, 0.6) is 0 Å². The van der Waals surface area contributed by atoms with Crippen molar-refractivity contribution < 1.29 is 9.90 Å². The second kappa shape index (κ2) is 4.34. The third kappa shape index (κ3) is 1.83. The molecule has 0 aliphatic rings. The van der Waals surface area contributed by atoms with Crippen molar-refractivity contribution in [3.63, 3.8) is 0 Å². The second-order valence-electron chi connectivity index (χ2n) is 4.22. The summed E-state index contributed by atoms with van der Waals surface area (Å²) >= 11 is 0. The Labute approximate surface area is 107 Å². The number of aromatic carboxylic acids is 1. The van der Waals surface area contributed by atoms with Gasteiger partial charge in [-0.05, 0) is 12.5 Å². The molecular formula is C12H13N3O4. The smallest absolute Gasteiger partial charge is 0.336 e. The molecule has 7 nitrogen and oxygen atoms in total. The van der Waals surface area contributed by atoms with Crippen LogP contribution in [0, 0.1) is 0 Å². The van der Waals surface area contributed by atoms with E-state index in [9.17, 15) is 19.5 Å². The van der Waals surface area contributed by atoms with Crippen LogP contribution in [0.4, 0.5) is 0 Å². The number of aromatic nitrogens is 3. The van der Waals surface area contributed by atoms with Crippen molar-refractivity contribution >= 4 is 17.0 Å². The van der Waals surface area contributed by atoms with Gasteiger partial charge in [0.15, 0.2) is 0 Å². The standard InChI is InChI=1S/C12H13N3O4/c1-4-6-5-7(11(17)18)8-9(13-6)14(2)12(19)15(3)10(8)16/h5H,4H2,1-3H3,(H,17,18). The Hall–Kier alpha value is -2.44. The minimum absolute atomic E-state index is 0.0469. The van der Waals surface area contributed by atoms with E-state index in [1.54, 1.807) is 0 Å². The Balaban J connectivity index is 3.16. The molecule has 1 N–H and O–H groups in total. The maximum Gasteiger partial charge on any atom is 0.336 e. The number of hydrogen-bond donors (Lipinski definition) is 1. The molecule has 7 heteroatoms. The lowest BCUT2D eigenvalue weighted by Gasteiger charge is -2.10. The SMILES string of the molecule is CCc1cc(C(=O)O)c2c(=O)n(C)c(=O)n(C)c2n1. The Morgan fingerprint density at radius 2 is 1.95 bits per heavy atom. The van der Waals surface area contributed by atoms with Crippen molar-refractivity contribution in [1.29, 1.82) is 0 Å². The van der Waals surface area contributed by atoms with Crippen molar-refractivity contribution in [3.05, 3.63) is 38.2 Å². The van der Waals surface area contributed by atoms with Gasteiger partial charge in [-0.2, -0.15) is 0 Å². The topological polar surface area (TPSA) is 94.2 Å². The first-order valence-corrected chi connectivity index (χ1v) is 5.71. The van der Waals surface area contributed by atoms with Crippen molar-refractivity contribution in [3.8, 4) is 0 Å². The van der Waals surface area contributed by atoms with Gasteiger partial charge in [0, 0.05) is 19.8 Å². The summed E-state index contributed by atoms with van der Waals surface area (Å²) in [6.45, 7) is 1.82. The maximum atomic E-state index is 12.1. The van der Waals surface area contributed by atoms with E-state index in [1.165, 1.54) is 24.7 Å². The monoisotopic (exact) mass is 263 g/mol. The molecular weight excluding hydrogens is 250 g/mol. The lowest BCUT2D eigenvalue weighted by atomic mass is 10.1. The van der Waals surface area contributed by atoms with Crippen LogP contribution in [0.25, 0.3) is 11.0 Å². The lowest BCUT2D eigenvalue weighted by Crippen LogP contribution is -2.38. The van der Waals surface area contributed by atoms with Crippen molar-refractivity contribution in [2.24, 2.45) is 14.1 Å². The molecule has 0 aliphatic heterocycles. The Morgan fingerprint density at radius 3 is 2.47 bits per heavy atom. The van der Waals surface area contributed by atoms with Gasteiger partial charge < -0.3 is 5.11 Å². The number of rotatable bonds is 2. The number of carbonyl (C=O) groups is 1. The van der Waals surface area contributed by atoms with Gasteiger partial charge in [0.2, 0.25) is 0 Å². The summed E-state index contributed by atoms with van der Waals surface area (Å²) in [4.78, 5) is 39.4. The first-order valence-electron chi connectivity index (χ1n) is 5.71. The molecule has 100 valence electrons. The van der Waals surface area contributed by atoms with Gasteiger partial charge in [-0.25, -0.2) is 14.6 Å². The van der Waals surface area contributed by atoms with Crippen LogP contribution in [0.1, 0.15) is 23.0 Å². The Morgan fingerprint density at radius 1 is 1.32 bits per heavy atom. The molecule has 0 spiro atoms. The highest BCUT2D eigenvalue weighted by Gasteiger charge is 2.18. The van der Waals surface area contributed by atoms with E-state index in [0.717, 1.165) is 4.57 Å². The highest BCUT2D eigenvalue weighted by molar-refractivity contribution is 6.01. The molecule has 0 aromatic carbocycles. The number of pyridine rings is 1. The summed E-state index contributed by atoms with van der Waals surface area (Å²) in [5.41, 5.74) is -0.684. The number of hydrogen-bond acceptors (Lipinski definition) is 4. The van der Waals surface area contributed by atoms with Crippen LogP contribution in [0.2, 0.25) is 0 Å². The molecule has 0 atom stereocenters. The largest absolute Gasteiger partial charge is 0.478 e. The molecule has 0 aliphatic carbocycles. The quantitative estimate of drug-likeness (QED) is 0.816. The normalized spacial score (nSPS) is 10.9. The molecule has 2 aromatic heterocycles. The Bertz CT molecular complexity index is 801. The first-order chi connectivity index (χ1) is 8.88. The fourth-order valence-corrected chi connectivity index (χ4v) is 1.96. The predicted octanol–water partition coefficient (Wildman–Crippen LogP) is -0.107. The fraction of sp³-hybridized carbons (Fsp3) is 0.333. The minimum atomic E-state index is -1.21. The van der Waals surface area contributed by atoms with E-state index in [-0.39, 0.29) is 16.6 Å². The van der Waals surface area contributed by atoms with Crippen LogP contribution >= 0.6 is 0 Å². The molecule has 2 rings (SSSR count). The van der Waals surface area contributed by atoms with Gasteiger partial charge in [0.05, 0.1) is 10.9 Å². The average Bonchev–Trinajstić information content (AvgIpc) is 2.41. The van der Waals surface area contributed by atoms with E-state index < -0.39 is 17.2 Å². The molecule has 2 heterocycles. The number of carboxylic acids is 1. The Kier molecular flexibility index (Phi) is 2.97. The third-order valence-corrected chi connectivity index (χ3v) is 3.06. The van der Waals surface area contributed by atoms with Crippen LogP contribution in [0.3, 0.4) is 0 Å². The third-order valence-electron chi connectivity index (χ3n) is 3.06. The molecule has 0 fully saturated rings. The van der Waals surface area contributed by atoms with Crippen molar-refractivity contribution in [2.45, 2.75) is 13.3 Å². The summed E-state index contributed by atoms with van der Waals surface area (Å²) in [6.07, 6.45) is 0.514. The highest BCUT2D eigenvalue weighted by Crippen LogP contribution is 2.14. The lowest BCUT2D eigenvalue weighted by molar-refractivity contribution is 0.0698.